The summed E-state index contributed by atoms with van der Waals surface area (Å²) in [4.78, 5) is 29.8. The van der Waals surface area contributed by atoms with Crippen molar-refractivity contribution in [3.63, 3.8) is 0 Å². The molecule has 22 heavy (non-hydrogen) atoms. The number of aromatic amines is 1. The zero-order chi connectivity index (χ0) is 15.7. The van der Waals surface area contributed by atoms with E-state index < -0.39 is 5.91 Å². The molecule has 0 saturated carbocycles. The summed E-state index contributed by atoms with van der Waals surface area (Å²) >= 11 is 0. The molecule has 0 radical (unpaired) electrons. The number of H-pyrrole nitrogens is 1. The minimum absolute atomic E-state index is 0.142. The van der Waals surface area contributed by atoms with Crippen molar-refractivity contribution in [3.8, 4) is 0 Å². The van der Waals surface area contributed by atoms with Crippen molar-refractivity contribution in [2.75, 3.05) is 17.7 Å². The fourth-order valence-electron chi connectivity index (χ4n) is 2.00. The van der Waals surface area contributed by atoms with Crippen LogP contribution in [0.4, 0.5) is 17.2 Å². The van der Waals surface area contributed by atoms with E-state index in [1.54, 1.807) is 25.2 Å². The molecule has 1 amide bonds. The van der Waals surface area contributed by atoms with E-state index in [4.69, 9.17) is 10.3 Å². The average Bonchev–Trinajstić information content (AvgIpc) is 2.93. The Morgan fingerprint density at radius 1 is 1.36 bits per heavy atom. The zero-order valence-corrected chi connectivity index (χ0v) is 11.5. The fraction of sp³-hybridized carbons (Fsp3) is 0.0769. The first-order chi connectivity index (χ1) is 10.6. The van der Waals surface area contributed by atoms with Crippen LogP contribution in [0.2, 0.25) is 0 Å². The molecule has 0 atom stereocenters. The maximum absolute atomic E-state index is 11.7. The van der Waals surface area contributed by atoms with Gasteiger partial charge in [-0.1, -0.05) is 5.16 Å². The Kier molecular flexibility index (Phi) is 3.22. The fourth-order valence-corrected chi connectivity index (χ4v) is 2.00. The SMILES string of the molecule is CNc1cc(Nc2ccc[nH]c2=O)nc2c(C(N)=O)onc12. The van der Waals surface area contributed by atoms with Gasteiger partial charge in [-0.3, -0.25) is 9.59 Å². The first-order valence-corrected chi connectivity index (χ1v) is 6.33. The van der Waals surface area contributed by atoms with Gasteiger partial charge in [-0.05, 0) is 12.1 Å². The van der Waals surface area contributed by atoms with Crippen LogP contribution < -0.4 is 21.9 Å². The van der Waals surface area contributed by atoms with Crippen LogP contribution in [0.25, 0.3) is 11.0 Å². The van der Waals surface area contributed by atoms with E-state index in [0.29, 0.717) is 22.7 Å². The van der Waals surface area contributed by atoms with Gasteiger partial charge in [0.15, 0.2) is 5.52 Å². The molecule has 0 spiro atoms. The Balaban J connectivity index is 2.14. The Morgan fingerprint density at radius 2 is 2.18 bits per heavy atom. The van der Waals surface area contributed by atoms with E-state index in [9.17, 15) is 9.59 Å². The first-order valence-electron chi connectivity index (χ1n) is 6.33. The number of amides is 1. The van der Waals surface area contributed by atoms with E-state index in [1.165, 1.54) is 6.20 Å². The molecule has 5 N–H and O–H groups in total. The molecule has 0 saturated heterocycles. The van der Waals surface area contributed by atoms with Gasteiger partial charge in [0.2, 0.25) is 5.76 Å². The third kappa shape index (κ3) is 2.24. The van der Waals surface area contributed by atoms with Crippen LogP contribution in [0.15, 0.2) is 33.7 Å². The van der Waals surface area contributed by atoms with Crippen LogP contribution >= 0.6 is 0 Å². The first kappa shape index (κ1) is 13.6. The Labute approximate surface area is 123 Å². The molecule has 0 fully saturated rings. The van der Waals surface area contributed by atoms with E-state index in [2.05, 4.69) is 25.8 Å². The van der Waals surface area contributed by atoms with Crippen LogP contribution in [0, 0.1) is 0 Å². The minimum Gasteiger partial charge on any atom is -0.386 e. The van der Waals surface area contributed by atoms with Crippen LogP contribution in [0.5, 0.6) is 0 Å². The molecule has 0 aliphatic heterocycles. The molecule has 3 aromatic heterocycles. The maximum Gasteiger partial charge on any atom is 0.289 e. The van der Waals surface area contributed by atoms with Crippen molar-refractivity contribution in [1.29, 1.82) is 0 Å². The Bertz CT molecular complexity index is 914. The quantitative estimate of drug-likeness (QED) is 0.558. The van der Waals surface area contributed by atoms with Crippen molar-refractivity contribution in [1.82, 2.24) is 15.1 Å². The van der Waals surface area contributed by atoms with E-state index in [-0.39, 0.29) is 16.8 Å². The number of nitrogens with two attached hydrogens (primary N) is 1. The number of hydrogen-bond acceptors (Lipinski definition) is 7. The summed E-state index contributed by atoms with van der Waals surface area (Å²) in [6.45, 7) is 0. The number of rotatable bonds is 4. The lowest BCUT2D eigenvalue weighted by Crippen LogP contribution is -2.12. The highest BCUT2D eigenvalue weighted by atomic mass is 16.5. The molecule has 0 aromatic carbocycles. The average molecular weight is 300 g/mol. The predicted molar refractivity (Wildman–Crippen MR) is 80.2 cm³/mol. The number of carbonyl (C=O) groups is 1. The molecular formula is C13H12N6O3. The summed E-state index contributed by atoms with van der Waals surface area (Å²) in [5.74, 6) is -0.567. The number of anilines is 3. The number of hydrogen-bond donors (Lipinski definition) is 4. The highest BCUT2D eigenvalue weighted by molar-refractivity contribution is 6.04. The predicted octanol–water partition coefficient (Wildman–Crippen LogP) is 0.795. The largest absolute Gasteiger partial charge is 0.386 e. The van der Waals surface area contributed by atoms with Crippen molar-refractivity contribution in [2.24, 2.45) is 5.73 Å². The molecule has 112 valence electrons. The van der Waals surface area contributed by atoms with E-state index in [1.807, 2.05) is 0 Å². The summed E-state index contributed by atoms with van der Waals surface area (Å²) in [6.07, 6.45) is 1.52. The molecule has 3 rings (SSSR count). The van der Waals surface area contributed by atoms with Crippen LogP contribution in [-0.4, -0.2) is 28.1 Å². The maximum atomic E-state index is 11.7. The molecule has 0 bridgehead atoms. The zero-order valence-electron chi connectivity index (χ0n) is 11.5. The van der Waals surface area contributed by atoms with E-state index in [0.717, 1.165) is 0 Å². The summed E-state index contributed by atoms with van der Waals surface area (Å²) in [7, 11) is 1.69. The summed E-state index contributed by atoms with van der Waals surface area (Å²) < 4.78 is 4.93. The number of nitrogens with one attached hydrogen (secondary N) is 3. The summed E-state index contributed by atoms with van der Waals surface area (Å²) in [5.41, 5.74) is 6.43. The van der Waals surface area contributed by atoms with Crippen molar-refractivity contribution >= 4 is 34.1 Å². The summed E-state index contributed by atoms with van der Waals surface area (Å²) in [6, 6.07) is 4.92. The van der Waals surface area contributed by atoms with Crippen molar-refractivity contribution < 1.29 is 9.32 Å². The molecule has 3 aromatic rings. The van der Waals surface area contributed by atoms with Gasteiger partial charge in [0, 0.05) is 19.3 Å². The molecule has 0 aliphatic carbocycles. The lowest BCUT2D eigenvalue weighted by atomic mass is 10.2. The van der Waals surface area contributed by atoms with Gasteiger partial charge in [0.25, 0.3) is 11.5 Å². The highest BCUT2D eigenvalue weighted by Gasteiger charge is 2.19. The van der Waals surface area contributed by atoms with Gasteiger partial charge >= 0.3 is 0 Å². The van der Waals surface area contributed by atoms with Crippen molar-refractivity contribution in [3.05, 3.63) is 40.5 Å². The molecule has 3 heterocycles. The van der Waals surface area contributed by atoms with Gasteiger partial charge in [-0.15, -0.1) is 0 Å². The van der Waals surface area contributed by atoms with Gasteiger partial charge in [0.1, 0.15) is 17.0 Å². The van der Waals surface area contributed by atoms with Gasteiger partial charge < -0.3 is 25.9 Å². The second kappa shape index (κ2) is 5.20. The van der Waals surface area contributed by atoms with Gasteiger partial charge in [0.05, 0.1) is 5.69 Å². The number of fused-ring (bicyclic) bond motifs is 1. The molecule has 0 unspecified atom stereocenters. The van der Waals surface area contributed by atoms with Gasteiger partial charge in [-0.2, -0.15) is 0 Å². The van der Waals surface area contributed by atoms with Crippen LogP contribution in [0.3, 0.4) is 0 Å². The molecular weight excluding hydrogens is 288 g/mol. The minimum atomic E-state index is -0.772. The Morgan fingerprint density at radius 3 is 2.86 bits per heavy atom. The second-order valence-corrected chi connectivity index (χ2v) is 4.42. The van der Waals surface area contributed by atoms with Crippen molar-refractivity contribution in [2.45, 2.75) is 0 Å². The highest BCUT2D eigenvalue weighted by Crippen LogP contribution is 2.27. The molecule has 0 aliphatic rings. The smallest absolute Gasteiger partial charge is 0.289 e. The topological polar surface area (TPSA) is 139 Å². The Hall–Kier alpha value is -3.36. The van der Waals surface area contributed by atoms with Crippen LogP contribution in [0.1, 0.15) is 10.6 Å². The van der Waals surface area contributed by atoms with Gasteiger partial charge in [-0.25, -0.2) is 4.98 Å². The van der Waals surface area contributed by atoms with Crippen LogP contribution in [-0.2, 0) is 0 Å². The molecule has 9 heteroatoms. The third-order valence-electron chi connectivity index (χ3n) is 3.01. The number of aromatic nitrogens is 3. The normalized spacial score (nSPS) is 10.6. The number of nitrogens with zero attached hydrogens (tertiary/aromatic N) is 2. The lowest BCUT2D eigenvalue weighted by Gasteiger charge is -2.07. The van der Waals surface area contributed by atoms with E-state index >= 15 is 0 Å². The number of pyridine rings is 2. The number of primary amides is 1. The second-order valence-electron chi connectivity index (χ2n) is 4.42. The molecule has 9 nitrogen and oxygen atoms in total. The lowest BCUT2D eigenvalue weighted by molar-refractivity contribution is 0.0967. The third-order valence-corrected chi connectivity index (χ3v) is 3.01. The standard InChI is InChI=1S/C13H12N6O3/c1-15-7-5-8(17-6-3-2-4-16-13(6)21)18-10-9(7)19-22-11(10)12(14)20/h2-5,15H,1H3,(H2,14,20)(H,16,21)(H,17,18). The monoisotopic (exact) mass is 300 g/mol. The number of carbonyl (C=O) groups excluding carboxylic acids is 1. The summed E-state index contributed by atoms with van der Waals surface area (Å²) in [5, 5.41) is 9.58.